The van der Waals surface area contributed by atoms with Gasteiger partial charge in [-0.2, -0.15) is 0 Å². The summed E-state index contributed by atoms with van der Waals surface area (Å²) in [6, 6.07) is 0.377. The summed E-state index contributed by atoms with van der Waals surface area (Å²) in [4.78, 5) is 18.1. The summed E-state index contributed by atoms with van der Waals surface area (Å²) in [6.07, 6.45) is 3.41. The zero-order valence-corrected chi connectivity index (χ0v) is 13.4. The van der Waals surface area contributed by atoms with Crippen molar-refractivity contribution in [2.24, 2.45) is 0 Å². The van der Waals surface area contributed by atoms with Crippen molar-refractivity contribution in [1.29, 1.82) is 0 Å². The lowest BCUT2D eigenvalue weighted by molar-refractivity contribution is -0.127. The van der Waals surface area contributed by atoms with E-state index in [-0.39, 0.29) is 30.7 Å². The van der Waals surface area contributed by atoms with E-state index in [1.54, 1.807) is 23.5 Å². The van der Waals surface area contributed by atoms with Crippen LogP contribution in [-0.2, 0) is 4.79 Å². The molecule has 1 saturated heterocycles. The second-order valence-electron chi connectivity index (χ2n) is 4.26. The minimum absolute atomic E-state index is 0. The van der Waals surface area contributed by atoms with Crippen LogP contribution in [0.25, 0.3) is 6.08 Å². The van der Waals surface area contributed by atoms with E-state index >= 15 is 0 Å². The highest BCUT2D eigenvalue weighted by atomic mass is 35.5. The number of amides is 1. The van der Waals surface area contributed by atoms with Gasteiger partial charge in [0.25, 0.3) is 0 Å². The summed E-state index contributed by atoms with van der Waals surface area (Å²) in [5, 5.41) is 6.29. The van der Waals surface area contributed by atoms with Gasteiger partial charge in [-0.25, -0.2) is 4.98 Å². The molecule has 2 rings (SSSR count). The number of aromatic nitrogens is 1. The van der Waals surface area contributed by atoms with Gasteiger partial charge in [-0.05, 0) is 19.9 Å². The molecule has 1 unspecified atom stereocenters. The molecule has 108 valence electrons. The Hall–Kier alpha value is -0.620. The van der Waals surface area contributed by atoms with Gasteiger partial charge in [0.05, 0.1) is 10.7 Å². The summed E-state index contributed by atoms with van der Waals surface area (Å²) >= 11 is 1.59. The molecule has 1 aromatic rings. The Bertz CT molecular complexity index is 436. The van der Waals surface area contributed by atoms with Crippen molar-refractivity contribution in [3.8, 4) is 0 Å². The lowest BCUT2D eigenvalue weighted by Gasteiger charge is -2.31. The first kappa shape index (κ1) is 18.4. The Kier molecular flexibility index (Phi) is 8.25. The molecular formula is C12H19Cl2N3OS. The van der Waals surface area contributed by atoms with E-state index in [4.69, 9.17) is 0 Å². The number of rotatable bonds is 2. The number of carbonyl (C=O) groups is 1. The third-order valence-electron chi connectivity index (χ3n) is 2.71. The van der Waals surface area contributed by atoms with Crippen molar-refractivity contribution >= 4 is 48.1 Å². The van der Waals surface area contributed by atoms with Crippen molar-refractivity contribution in [3.63, 3.8) is 0 Å². The van der Waals surface area contributed by atoms with Gasteiger partial charge < -0.3 is 10.2 Å². The van der Waals surface area contributed by atoms with Crippen LogP contribution in [0, 0.1) is 6.92 Å². The highest BCUT2D eigenvalue weighted by molar-refractivity contribution is 7.09. The van der Waals surface area contributed by atoms with Crippen LogP contribution in [0.15, 0.2) is 11.5 Å². The first-order valence-electron chi connectivity index (χ1n) is 5.77. The number of aryl methyl sites for hydroxylation is 1. The van der Waals surface area contributed by atoms with Crippen LogP contribution in [0.3, 0.4) is 0 Å². The van der Waals surface area contributed by atoms with Gasteiger partial charge in [-0.1, -0.05) is 0 Å². The standard InChI is InChI=1S/C12H17N3OS.2ClH/c1-9-7-15(6-5-13-9)12(16)4-3-11-8-17-10(2)14-11;;/h3-4,8-9,13H,5-7H2,1-2H3;2*1H. The van der Waals surface area contributed by atoms with Crippen LogP contribution in [0.4, 0.5) is 0 Å². The second kappa shape index (κ2) is 8.53. The lowest BCUT2D eigenvalue weighted by atomic mass is 10.2. The molecule has 1 fully saturated rings. The van der Waals surface area contributed by atoms with Gasteiger partial charge >= 0.3 is 0 Å². The number of carbonyl (C=O) groups excluding carboxylic acids is 1. The van der Waals surface area contributed by atoms with E-state index in [0.717, 1.165) is 30.3 Å². The monoisotopic (exact) mass is 323 g/mol. The molecular weight excluding hydrogens is 305 g/mol. The molecule has 1 aliphatic rings. The normalized spacial score (nSPS) is 18.8. The van der Waals surface area contributed by atoms with Gasteiger partial charge in [0.2, 0.25) is 5.91 Å². The van der Waals surface area contributed by atoms with Crippen LogP contribution in [0.2, 0.25) is 0 Å². The van der Waals surface area contributed by atoms with Gasteiger partial charge in [0.15, 0.2) is 0 Å². The minimum atomic E-state index is 0. The van der Waals surface area contributed by atoms with Crippen LogP contribution in [0.5, 0.6) is 0 Å². The highest BCUT2D eigenvalue weighted by Gasteiger charge is 2.18. The Labute approximate surface area is 130 Å². The average Bonchev–Trinajstić information content (AvgIpc) is 2.72. The molecule has 1 aromatic heterocycles. The fourth-order valence-electron chi connectivity index (χ4n) is 1.85. The van der Waals surface area contributed by atoms with E-state index in [0.29, 0.717) is 6.04 Å². The van der Waals surface area contributed by atoms with E-state index in [2.05, 4.69) is 17.2 Å². The molecule has 0 aliphatic carbocycles. The SMILES string of the molecule is Cc1nc(C=CC(=O)N2CCNC(C)C2)cs1.Cl.Cl. The smallest absolute Gasteiger partial charge is 0.246 e. The fourth-order valence-corrected chi connectivity index (χ4v) is 2.43. The number of nitrogens with one attached hydrogen (secondary N) is 1. The van der Waals surface area contributed by atoms with Crippen LogP contribution in [0.1, 0.15) is 17.6 Å². The predicted octanol–water partition coefficient (Wildman–Crippen LogP) is 2.13. The molecule has 0 radical (unpaired) electrons. The first-order valence-corrected chi connectivity index (χ1v) is 6.65. The number of hydrogen-bond donors (Lipinski definition) is 1. The quantitative estimate of drug-likeness (QED) is 0.848. The highest BCUT2D eigenvalue weighted by Crippen LogP contribution is 2.09. The number of nitrogens with zero attached hydrogens (tertiary/aromatic N) is 2. The molecule has 4 nitrogen and oxygen atoms in total. The van der Waals surface area contributed by atoms with Gasteiger partial charge in [-0.15, -0.1) is 36.2 Å². The Morgan fingerprint density at radius 2 is 2.32 bits per heavy atom. The van der Waals surface area contributed by atoms with Gasteiger partial charge in [0, 0.05) is 37.1 Å². The van der Waals surface area contributed by atoms with Crippen molar-refractivity contribution < 1.29 is 4.79 Å². The summed E-state index contributed by atoms with van der Waals surface area (Å²) in [5.41, 5.74) is 0.865. The first-order chi connectivity index (χ1) is 8.15. The lowest BCUT2D eigenvalue weighted by Crippen LogP contribution is -2.50. The largest absolute Gasteiger partial charge is 0.336 e. The Morgan fingerprint density at radius 1 is 1.58 bits per heavy atom. The summed E-state index contributed by atoms with van der Waals surface area (Å²) < 4.78 is 0. The van der Waals surface area contributed by atoms with Crippen LogP contribution >= 0.6 is 36.2 Å². The van der Waals surface area contributed by atoms with E-state index in [1.165, 1.54) is 0 Å². The minimum Gasteiger partial charge on any atom is -0.336 e. The summed E-state index contributed by atoms with van der Waals surface area (Å²) in [6.45, 7) is 6.48. The summed E-state index contributed by atoms with van der Waals surface area (Å²) in [5.74, 6) is 0.0732. The molecule has 1 N–H and O–H groups in total. The van der Waals surface area contributed by atoms with E-state index in [9.17, 15) is 4.79 Å². The third kappa shape index (κ3) is 5.48. The van der Waals surface area contributed by atoms with E-state index in [1.807, 2.05) is 17.2 Å². The Balaban J connectivity index is 0.00000162. The van der Waals surface area contributed by atoms with Crippen LogP contribution in [-0.4, -0.2) is 41.5 Å². The number of thiazole rings is 1. The molecule has 2 heterocycles. The zero-order valence-electron chi connectivity index (χ0n) is 11.0. The summed E-state index contributed by atoms with van der Waals surface area (Å²) in [7, 11) is 0. The zero-order chi connectivity index (χ0) is 12.3. The van der Waals surface area contributed by atoms with E-state index < -0.39 is 0 Å². The van der Waals surface area contributed by atoms with Crippen molar-refractivity contribution in [3.05, 3.63) is 22.2 Å². The third-order valence-corrected chi connectivity index (χ3v) is 3.51. The molecule has 19 heavy (non-hydrogen) atoms. The predicted molar refractivity (Wildman–Crippen MR) is 84.4 cm³/mol. The molecule has 1 atom stereocenters. The topological polar surface area (TPSA) is 45.2 Å². The number of piperazine rings is 1. The molecule has 0 saturated carbocycles. The maximum Gasteiger partial charge on any atom is 0.246 e. The molecule has 0 bridgehead atoms. The molecule has 1 amide bonds. The van der Waals surface area contributed by atoms with Gasteiger partial charge in [0.1, 0.15) is 0 Å². The number of hydrogen-bond acceptors (Lipinski definition) is 4. The van der Waals surface area contributed by atoms with Crippen molar-refractivity contribution in [1.82, 2.24) is 15.2 Å². The maximum absolute atomic E-state index is 11.9. The Morgan fingerprint density at radius 3 is 2.89 bits per heavy atom. The molecule has 7 heteroatoms. The molecule has 0 aromatic carbocycles. The maximum atomic E-state index is 11.9. The molecule has 0 spiro atoms. The van der Waals surface area contributed by atoms with Crippen LogP contribution < -0.4 is 5.32 Å². The second-order valence-corrected chi connectivity index (χ2v) is 5.33. The number of halogens is 2. The molecule has 1 aliphatic heterocycles. The average molecular weight is 324 g/mol. The van der Waals surface area contributed by atoms with Crippen molar-refractivity contribution in [2.75, 3.05) is 19.6 Å². The fraction of sp³-hybridized carbons (Fsp3) is 0.500. The van der Waals surface area contributed by atoms with Gasteiger partial charge in [-0.3, -0.25) is 4.79 Å². The van der Waals surface area contributed by atoms with Crippen molar-refractivity contribution in [2.45, 2.75) is 19.9 Å².